The Morgan fingerprint density at radius 1 is 1.43 bits per heavy atom. The molecule has 0 heterocycles. The molecule has 0 aliphatic carbocycles. The van der Waals surface area contributed by atoms with Gasteiger partial charge < -0.3 is 5.11 Å². The van der Waals surface area contributed by atoms with Gasteiger partial charge in [-0.2, -0.15) is 5.26 Å². The fraction of sp³-hybridized carbons (Fsp3) is 0.182. The molecule has 14 heavy (non-hydrogen) atoms. The first kappa shape index (κ1) is 10.6. The van der Waals surface area contributed by atoms with Crippen molar-refractivity contribution >= 4 is 11.6 Å². The number of hydrogen-bond acceptors (Lipinski definition) is 2. The summed E-state index contributed by atoms with van der Waals surface area (Å²) in [7, 11) is 0. The maximum Gasteiger partial charge on any atom is 0.101 e. The first-order valence-electron chi connectivity index (χ1n) is 4.07. The van der Waals surface area contributed by atoms with E-state index in [2.05, 4.69) is 11.8 Å². The van der Waals surface area contributed by atoms with Gasteiger partial charge >= 0.3 is 0 Å². The van der Waals surface area contributed by atoms with Crippen LogP contribution in [0, 0.1) is 23.2 Å². The second-order valence-corrected chi connectivity index (χ2v) is 2.99. The van der Waals surface area contributed by atoms with Crippen molar-refractivity contribution in [2.45, 2.75) is 6.42 Å². The molecule has 0 saturated heterocycles. The van der Waals surface area contributed by atoms with E-state index < -0.39 is 0 Å². The molecule has 1 N–H and O–H groups in total. The quantitative estimate of drug-likeness (QED) is 0.713. The number of nitrogens with zero attached hydrogens (tertiary/aromatic N) is 1. The third-order valence-electron chi connectivity index (χ3n) is 1.56. The normalized spacial score (nSPS) is 8.64. The van der Waals surface area contributed by atoms with Gasteiger partial charge in [0.1, 0.15) is 6.07 Å². The second kappa shape index (κ2) is 5.29. The molecule has 1 aromatic carbocycles. The van der Waals surface area contributed by atoms with Crippen LogP contribution in [0.1, 0.15) is 17.5 Å². The van der Waals surface area contributed by atoms with E-state index in [1.165, 1.54) is 0 Å². The van der Waals surface area contributed by atoms with Gasteiger partial charge in [-0.1, -0.05) is 23.4 Å². The minimum atomic E-state index is 0.0473. The van der Waals surface area contributed by atoms with Crippen LogP contribution in [0.2, 0.25) is 5.02 Å². The van der Waals surface area contributed by atoms with Crippen LogP contribution in [0.4, 0.5) is 0 Å². The highest BCUT2D eigenvalue weighted by atomic mass is 35.5. The van der Waals surface area contributed by atoms with Crippen LogP contribution >= 0.6 is 11.6 Å². The fourth-order valence-corrected chi connectivity index (χ4v) is 1.07. The summed E-state index contributed by atoms with van der Waals surface area (Å²) in [6.45, 7) is 0.0473. The zero-order valence-electron chi connectivity index (χ0n) is 7.42. The third-order valence-corrected chi connectivity index (χ3v) is 1.89. The third kappa shape index (κ3) is 2.78. The van der Waals surface area contributed by atoms with Crippen LogP contribution in [0.3, 0.4) is 0 Å². The minimum absolute atomic E-state index is 0.0473. The molecule has 0 amide bonds. The highest BCUT2D eigenvalue weighted by molar-refractivity contribution is 6.31. The van der Waals surface area contributed by atoms with E-state index in [1.54, 1.807) is 18.2 Å². The summed E-state index contributed by atoms with van der Waals surface area (Å²) in [6.07, 6.45) is 0.435. The Labute approximate surface area is 87.7 Å². The predicted octanol–water partition coefficient (Wildman–Crippen LogP) is 1.95. The summed E-state index contributed by atoms with van der Waals surface area (Å²) in [6, 6.07) is 6.99. The van der Waals surface area contributed by atoms with E-state index in [1.807, 2.05) is 6.07 Å². The smallest absolute Gasteiger partial charge is 0.101 e. The van der Waals surface area contributed by atoms with E-state index >= 15 is 0 Å². The molecule has 2 nitrogen and oxygen atoms in total. The molecule has 0 fully saturated rings. The maximum absolute atomic E-state index is 8.69. The summed E-state index contributed by atoms with van der Waals surface area (Å²) in [5, 5.41) is 17.6. The molecule has 70 valence electrons. The number of benzene rings is 1. The molecular weight excluding hydrogens is 198 g/mol. The summed E-state index contributed by atoms with van der Waals surface area (Å²) in [4.78, 5) is 0. The van der Waals surface area contributed by atoms with E-state index in [0.717, 1.165) is 5.56 Å². The van der Waals surface area contributed by atoms with Crippen LogP contribution in [0.25, 0.3) is 0 Å². The molecule has 3 heteroatoms. The number of aliphatic hydroxyl groups is 1. The lowest BCUT2D eigenvalue weighted by atomic mass is 10.1. The van der Waals surface area contributed by atoms with Crippen LogP contribution in [-0.4, -0.2) is 11.7 Å². The zero-order valence-corrected chi connectivity index (χ0v) is 8.17. The summed E-state index contributed by atoms with van der Waals surface area (Å²) >= 11 is 5.75. The van der Waals surface area contributed by atoms with Crippen molar-refractivity contribution in [3.63, 3.8) is 0 Å². The molecule has 1 rings (SSSR count). The predicted molar refractivity (Wildman–Crippen MR) is 54.7 cm³/mol. The molecule has 0 aromatic heterocycles. The largest absolute Gasteiger partial charge is 0.395 e. The van der Waals surface area contributed by atoms with Gasteiger partial charge in [-0.05, 0) is 18.2 Å². The topological polar surface area (TPSA) is 44.0 Å². The van der Waals surface area contributed by atoms with Gasteiger partial charge in [-0.3, -0.25) is 0 Å². The summed E-state index contributed by atoms with van der Waals surface area (Å²) < 4.78 is 0. The number of halogens is 1. The van der Waals surface area contributed by atoms with Gasteiger partial charge in [-0.15, -0.1) is 0 Å². The Kier molecular flexibility index (Phi) is 4.01. The van der Waals surface area contributed by atoms with E-state index in [4.69, 9.17) is 22.0 Å². The molecule has 0 radical (unpaired) electrons. The lowest BCUT2D eigenvalue weighted by Gasteiger charge is -1.94. The van der Waals surface area contributed by atoms with E-state index in [-0.39, 0.29) is 6.61 Å². The van der Waals surface area contributed by atoms with Crippen molar-refractivity contribution < 1.29 is 5.11 Å². The number of aliphatic hydroxyl groups excluding tert-OH is 1. The summed E-state index contributed by atoms with van der Waals surface area (Å²) in [5.74, 6) is 5.60. The fourth-order valence-electron chi connectivity index (χ4n) is 0.909. The highest BCUT2D eigenvalue weighted by Crippen LogP contribution is 2.15. The molecule has 0 spiro atoms. The first-order valence-corrected chi connectivity index (χ1v) is 4.45. The van der Waals surface area contributed by atoms with Crippen molar-refractivity contribution in [2.24, 2.45) is 0 Å². The van der Waals surface area contributed by atoms with Crippen molar-refractivity contribution in [3.8, 4) is 17.9 Å². The van der Waals surface area contributed by atoms with Gasteiger partial charge in [-0.25, -0.2) is 0 Å². The van der Waals surface area contributed by atoms with Crippen LogP contribution < -0.4 is 0 Å². The van der Waals surface area contributed by atoms with Crippen molar-refractivity contribution in [2.75, 3.05) is 6.61 Å². The van der Waals surface area contributed by atoms with Crippen LogP contribution in [0.5, 0.6) is 0 Å². The Hall–Kier alpha value is -1.48. The number of hydrogen-bond donors (Lipinski definition) is 1. The maximum atomic E-state index is 8.69. The Morgan fingerprint density at radius 2 is 2.21 bits per heavy atom. The molecule has 1 aromatic rings. The SMILES string of the molecule is N#Cc1cc(C#CCCO)ccc1Cl. The Balaban J connectivity index is 2.93. The van der Waals surface area contributed by atoms with E-state index in [9.17, 15) is 0 Å². The zero-order chi connectivity index (χ0) is 10.4. The van der Waals surface area contributed by atoms with Gasteiger partial charge in [0, 0.05) is 12.0 Å². The van der Waals surface area contributed by atoms with Gasteiger partial charge in [0.2, 0.25) is 0 Å². The number of nitriles is 1. The molecule has 0 saturated carbocycles. The average molecular weight is 206 g/mol. The van der Waals surface area contributed by atoms with E-state index in [0.29, 0.717) is 17.0 Å². The lowest BCUT2D eigenvalue weighted by Crippen LogP contribution is -1.81. The van der Waals surface area contributed by atoms with Crippen molar-refractivity contribution in [1.29, 1.82) is 5.26 Å². The Bertz CT molecular complexity index is 423. The highest BCUT2D eigenvalue weighted by Gasteiger charge is 1.98. The first-order chi connectivity index (χ1) is 6.77. The second-order valence-electron chi connectivity index (χ2n) is 2.58. The monoisotopic (exact) mass is 205 g/mol. The summed E-state index contributed by atoms with van der Waals surface area (Å²) in [5.41, 5.74) is 1.15. The molecule has 0 atom stereocenters. The molecule has 0 bridgehead atoms. The standard InChI is InChI=1S/C11H8ClNO/c12-11-5-4-9(3-1-2-6-14)7-10(11)8-13/h4-5,7,14H,2,6H2. The van der Waals surface area contributed by atoms with Crippen LogP contribution in [0.15, 0.2) is 18.2 Å². The molecule has 0 aliphatic heterocycles. The average Bonchev–Trinajstić information content (AvgIpc) is 2.21. The molecule has 0 aliphatic rings. The van der Waals surface area contributed by atoms with Crippen molar-refractivity contribution in [3.05, 3.63) is 34.3 Å². The Morgan fingerprint density at radius 3 is 2.86 bits per heavy atom. The minimum Gasteiger partial charge on any atom is -0.395 e. The van der Waals surface area contributed by atoms with Gasteiger partial charge in [0.25, 0.3) is 0 Å². The molecular formula is C11H8ClNO. The van der Waals surface area contributed by atoms with Gasteiger partial charge in [0.05, 0.1) is 17.2 Å². The van der Waals surface area contributed by atoms with Crippen molar-refractivity contribution in [1.82, 2.24) is 0 Å². The van der Waals surface area contributed by atoms with Gasteiger partial charge in [0.15, 0.2) is 0 Å². The lowest BCUT2D eigenvalue weighted by molar-refractivity contribution is 0.305. The molecule has 0 unspecified atom stereocenters. The van der Waals surface area contributed by atoms with Crippen LogP contribution in [-0.2, 0) is 0 Å². The number of rotatable bonds is 1.